The molecule has 27 heavy (non-hydrogen) atoms. The molecule has 0 radical (unpaired) electrons. The van der Waals surface area contributed by atoms with Crippen LogP contribution in [0.15, 0.2) is 40.7 Å². The number of ether oxygens (including phenoxy) is 1. The van der Waals surface area contributed by atoms with Crippen LogP contribution in [0.2, 0.25) is 0 Å². The zero-order valence-corrected chi connectivity index (χ0v) is 16.5. The number of hydrogen-bond donors (Lipinski definition) is 1. The van der Waals surface area contributed by atoms with Gasteiger partial charge in [0, 0.05) is 34.8 Å². The molecule has 0 bridgehead atoms. The zero-order chi connectivity index (χ0) is 19.8. The second-order valence-electron chi connectivity index (χ2n) is 5.86. The summed E-state index contributed by atoms with van der Waals surface area (Å²) in [4.78, 5) is 0.831. The van der Waals surface area contributed by atoms with E-state index in [9.17, 15) is 17.2 Å². The molecule has 0 saturated heterocycles. The van der Waals surface area contributed by atoms with Crippen LogP contribution in [-0.2, 0) is 16.6 Å². The van der Waals surface area contributed by atoms with E-state index in [4.69, 9.17) is 4.74 Å². The minimum Gasteiger partial charge on any atom is -0.494 e. The van der Waals surface area contributed by atoms with Crippen LogP contribution in [-0.4, -0.2) is 26.5 Å². The van der Waals surface area contributed by atoms with Crippen molar-refractivity contribution < 1.29 is 21.9 Å². The SMILES string of the molecule is CNCc1cn(S(=O)(=O)c2ccc(C)s2)c(-c2ccc(F)cc2F)c1OC. The van der Waals surface area contributed by atoms with E-state index in [2.05, 4.69) is 5.32 Å². The molecule has 1 N–H and O–H groups in total. The van der Waals surface area contributed by atoms with E-state index >= 15 is 0 Å². The number of nitrogens with zero attached hydrogens (tertiary/aromatic N) is 1. The molecule has 0 aliphatic rings. The van der Waals surface area contributed by atoms with Crippen LogP contribution in [0.25, 0.3) is 11.3 Å². The van der Waals surface area contributed by atoms with E-state index in [0.717, 1.165) is 26.3 Å². The lowest BCUT2D eigenvalue weighted by atomic mass is 10.1. The van der Waals surface area contributed by atoms with E-state index in [1.54, 1.807) is 20.0 Å². The first kappa shape index (κ1) is 19.5. The van der Waals surface area contributed by atoms with E-state index in [-0.39, 0.29) is 21.2 Å². The van der Waals surface area contributed by atoms with Crippen molar-refractivity contribution >= 4 is 21.4 Å². The number of hydrogen-bond acceptors (Lipinski definition) is 5. The number of aryl methyl sites for hydroxylation is 1. The van der Waals surface area contributed by atoms with Gasteiger partial charge >= 0.3 is 0 Å². The van der Waals surface area contributed by atoms with Gasteiger partial charge in [-0.2, -0.15) is 8.42 Å². The molecule has 5 nitrogen and oxygen atoms in total. The predicted molar refractivity (Wildman–Crippen MR) is 101 cm³/mol. The van der Waals surface area contributed by atoms with E-state index in [1.807, 2.05) is 0 Å². The molecule has 0 saturated carbocycles. The van der Waals surface area contributed by atoms with Gasteiger partial charge in [0.05, 0.1) is 7.11 Å². The van der Waals surface area contributed by atoms with Crippen molar-refractivity contribution in [1.82, 2.24) is 9.29 Å². The average molecular weight is 412 g/mol. The van der Waals surface area contributed by atoms with Crippen molar-refractivity contribution in [2.75, 3.05) is 14.2 Å². The number of rotatable bonds is 6. The molecule has 0 aliphatic carbocycles. The van der Waals surface area contributed by atoms with Crippen LogP contribution >= 0.6 is 11.3 Å². The van der Waals surface area contributed by atoms with E-state index < -0.39 is 21.7 Å². The Labute approximate surface area is 160 Å². The van der Waals surface area contributed by atoms with Gasteiger partial charge in [-0.25, -0.2) is 12.8 Å². The summed E-state index contributed by atoms with van der Waals surface area (Å²) in [5, 5.41) is 2.93. The van der Waals surface area contributed by atoms with Crippen LogP contribution in [0.5, 0.6) is 5.75 Å². The maximum Gasteiger partial charge on any atom is 0.277 e. The highest BCUT2D eigenvalue weighted by Gasteiger charge is 2.29. The highest BCUT2D eigenvalue weighted by Crippen LogP contribution is 2.39. The maximum atomic E-state index is 14.5. The van der Waals surface area contributed by atoms with Gasteiger partial charge in [-0.05, 0) is 38.2 Å². The number of benzene rings is 1. The maximum absolute atomic E-state index is 14.5. The molecule has 0 unspecified atom stereocenters. The summed E-state index contributed by atoms with van der Waals surface area (Å²) in [5.74, 6) is -1.41. The first-order valence-electron chi connectivity index (χ1n) is 7.99. The Morgan fingerprint density at radius 2 is 1.96 bits per heavy atom. The summed E-state index contributed by atoms with van der Waals surface area (Å²) in [5.41, 5.74) is 0.495. The topological polar surface area (TPSA) is 60.3 Å². The lowest BCUT2D eigenvalue weighted by Crippen LogP contribution is -2.12. The summed E-state index contributed by atoms with van der Waals surface area (Å²) in [7, 11) is -0.906. The van der Waals surface area contributed by atoms with Crippen molar-refractivity contribution in [3.63, 3.8) is 0 Å². The molecule has 1 aromatic carbocycles. The monoisotopic (exact) mass is 412 g/mol. The molecule has 0 atom stereocenters. The standard InChI is InChI=1S/C18H18F2N2O3S2/c1-11-4-7-16(26-11)27(23,24)22-10-12(9-21-2)18(25-3)17(22)14-6-5-13(19)8-15(14)20/h4-8,10,21H,9H2,1-3H3. The lowest BCUT2D eigenvalue weighted by molar-refractivity contribution is 0.411. The lowest BCUT2D eigenvalue weighted by Gasteiger charge is -2.12. The fourth-order valence-electron chi connectivity index (χ4n) is 2.82. The fraction of sp³-hybridized carbons (Fsp3) is 0.222. The zero-order valence-electron chi connectivity index (χ0n) is 14.9. The summed E-state index contributed by atoms with van der Waals surface area (Å²) in [6.07, 6.45) is 1.40. The quantitative estimate of drug-likeness (QED) is 0.670. The fourth-order valence-corrected chi connectivity index (χ4v) is 5.59. The van der Waals surface area contributed by atoms with Gasteiger partial charge in [0.1, 0.15) is 27.3 Å². The molecule has 3 aromatic rings. The van der Waals surface area contributed by atoms with Gasteiger partial charge in [0.25, 0.3) is 10.0 Å². The first-order valence-corrected chi connectivity index (χ1v) is 10.3. The highest BCUT2D eigenvalue weighted by molar-refractivity contribution is 7.92. The van der Waals surface area contributed by atoms with Crippen LogP contribution in [0.4, 0.5) is 8.78 Å². The summed E-state index contributed by atoms with van der Waals surface area (Å²) in [6.45, 7) is 2.11. The number of thiophene rings is 1. The summed E-state index contributed by atoms with van der Waals surface area (Å²) < 4.78 is 60.8. The minimum atomic E-state index is -3.99. The number of aromatic nitrogens is 1. The van der Waals surface area contributed by atoms with Gasteiger partial charge in [-0.1, -0.05) is 0 Å². The number of halogens is 2. The van der Waals surface area contributed by atoms with Gasteiger partial charge in [-0.3, -0.25) is 0 Å². The minimum absolute atomic E-state index is 0.0197. The molecule has 0 amide bonds. The molecule has 2 heterocycles. The third-order valence-electron chi connectivity index (χ3n) is 3.99. The van der Waals surface area contributed by atoms with Crippen LogP contribution in [0.3, 0.4) is 0 Å². The summed E-state index contributed by atoms with van der Waals surface area (Å²) >= 11 is 1.12. The Bertz CT molecular complexity index is 1090. The molecule has 0 spiro atoms. The Balaban J connectivity index is 2.33. The smallest absolute Gasteiger partial charge is 0.277 e. The third-order valence-corrected chi connectivity index (χ3v) is 7.11. The molecule has 0 fully saturated rings. The van der Waals surface area contributed by atoms with Crippen molar-refractivity contribution in [2.24, 2.45) is 0 Å². The second kappa shape index (κ2) is 7.41. The Hall–Kier alpha value is -2.23. The Kier molecular flexibility index (Phi) is 5.36. The highest BCUT2D eigenvalue weighted by atomic mass is 32.2. The Morgan fingerprint density at radius 1 is 1.22 bits per heavy atom. The Morgan fingerprint density at radius 3 is 2.52 bits per heavy atom. The predicted octanol–water partition coefficient (Wildman–Crippen LogP) is 3.77. The molecule has 0 aliphatic heterocycles. The van der Waals surface area contributed by atoms with Gasteiger partial charge in [0.2, 0.25) is 0 Å². The molecule has 3 rings (SSSR count). The van der Waals surface area contributed by atoms with Crippen LogP contribution < -0.4 is 10.1 Å². The average Bonchev–Trinajstić information content (AvgIpc) is 3.20. The van der Waals surface area contributed by atoms with E-state index in [0.29, 0.717) is 18.2 Å². The van der Waals surface area contributed by atoms with Crippen molar-refractivity contribution in [3.05, 3.63) is 58.6 Å². The molecular formula is C18H18F2N2O3S2. The summed E-state index contributed by atoms with van der Waals surface area (Å²) in [6, 6.07) is 6.20. The van der Waals surface area contributed by atoms with Crippen molar-refractivity contribution in [3.8, 4) is 17.0 Å². The molecule has 2 aromatic heterocycles. The van der Waals surface area contributed by atoms with Gasteiger partial charge in [0.15, 0.2) is 0 Å². The number of nitrogens with one attached hydrogen (secondary N) is 1. The third kappa shape index (κ3) is 3.50. The van der Waals surface area contributed by atoms with E-state index in [1.165, 1.54) is 25.4 Å². The first-order chi connectivity index (χ1) is 12.8. The van der Waals surface area contributed by atoms with Gasteiger partial charge < -0.3 is 10.1 Å². The second-order valence-corrected chi connectivity index (χ2v) is 9.19. The van der Waals surface area contributed by atoms with Gasteiger partial charge in [-0.15, -0.1) is 11.3 Å². The molecule has 9 heteroatoms. The largest absolute Gasteiger partial charge is 0.494 e. The number of methoxy groups -OCH3 is 1. The van der Waals surface area contributed by atoms with Crippen LogP contribution in [0, 0.1) is 18.6 Å². The van der Waals surface area contributed by atoms with Crippen LogP contribution in [0.1, 0.15) is 10.4 Å². The normalized spacial score (nSPS) is 11.7. The van der Waals surface area contributed by atoms with Crippen molar-refractivity contribution in [2.45, 2.75) is 17.7 Å². The van der Waals surface area contributed by atoms with Crippen molar-refractivity contribution in [1.29, 1.82) is 0 Å². The molecular weight excluding hydrogens is 394 g/mol. The molecule has 144 valence electrons.